The lowest BCUT2D eigenvalue weighted by molar-refractivity contribution is -0.0344. The SMILES string of the molecule is COC1[C@H](C)CC2(Cc3ccc(Br)cc3C2=N)C[C@@H]1C.COC1[C@H](C)CC2(Cc3ccc(Br)cc3C2=N[S@@](=O)C(C)(C)C)C[C@@H]1C.ClCCl. The summed E-state index contributed by atoms with van der Waals surface area (Å²) in [5.41, 5.74) is 6.90. The van der Waals surface area contributed by atoms with E-state index in [9.17, 15) is 4.21 Å². The minimum Gasteiger partial charge on any atom is -0.381 e. The number of hydrogen-bond acceptors (Lipinski definition) is 4. The highest BCUT2D eigenvalue weighted by molar-refractivity contribution is 9.10. The first-order valence-electron chi connectivity index (χ1n) is 17.3. The van der Waals surface area contributed by atoms with Gasteiger partial charge in [0.15, 0.2) is 0 Å². The van der Waals surface area contributed by atoms with Crippen molar-refractivity contribution < 1.29 is 13.7 Å². The number of rotatable bonds is 3. The number of halogens is 4. The molecule has 0 aliphatic heterocycles. The molecule has 2 spiro atoms. The fourth-order valence-electron chi connectivity index (χ4n) is 9.53. The smallest absolute Gasteiger partial charge is 0.145 e. The normalized spacial score (nSPS) is 33.4. The van der Waals surface area contributed by atoms with Crippen LogP contribution in [0, 0.1) is 39.9 Å². The summed E-state index contributed by atoms with van der Waals surface area (Å²) < 4.78 is 31.0. The van der Waals surface area contributed by atoms with E-state index in [0.717, 1.165) is 64.5 Å². The Morgan fingerprint density at radius 2 is 1.18 bits per heavy atom. The van der Waals surface area contributed by atoms with Crippen molar-refractivity contribution >= 4 is 77.5 Å². The van der Waals surface area contributed by atoms with Crippen LogP contribution in [0.3, 0.4) is 0 Å². The van der Waals surface area contributed by atoms with Crippen molar-refractivity contribution in [2.24, 2.45) is 38.9 Å². The van der Waals surface area contributed by atoms with Gasteiger partial charge in [0.25, 0.3) is 0 Å². The Morgan fingerprint density at radius 1 is 0.796 bits per heavy atom. The van der Waals surface area contributed by atoms with Crippen LogP contribution in [-0.4, -0.2) is 52.1 Å². The van der Waals surface area contributed by atoms with Crippen molar-refractivity contribution in [3.05, 3.63) is 67.6 Å². The monoisotopic (exact) mass is 858 g/mol. The molecule has 2 fully saturated rings. The highest BCUT2D eigenvalue weighted by atomic mass is 79.9. The molecule has 6 rings (SSSR count). The summed E-state index contributed by atoms with van der Waals surface area (Å²) in [5, 5.41) is 8.91. The minimum absolute atomic E-state index is 0.0299. The molecular weight excluding hydrogens is 807 g/mol. The third-order valence-electron chi connectivity index (χ3n) is 11.1. The van der Waals surface area contributed by atoms with Gasteiger partial charge in [0.1, 0.15) is 11.0 Å². The van der Waals surface area contributed by atoms with Crippen LogP contribution in [0.25, 0.3) is 0 Å². The number of hydrogen-bond donors (Lipinski definition) is 1. The maximum atomic E-state index is 12.9. The second kappa shape index (κ2) is 16.6. The Labute approximate surface area is 324 Å². The van der Waals surface area contributed by atoms with Crippen LogP contribution in [0.5, 0.6) is 0 Å². The van der Waals surface area contributed by atoms with Crippen molar-refractivity contribution in [1.82, 2.24) is 0 Å². The zero-order valence-electron chi connectivity index (χ0n) is 30.5. The number of benzene rings is 2. The van der Waals surface area contributed by atoms with E-state index < -0.39 is 11.0 Å². The van der Waals surface area contributed by atoms with E-state index in [1.54, 1.807) is 0 Å². The van der Waals surface area contributed by atoms with Crippen LogP contribution < -0.4 is 0 Å². The van der Waals surface area contributed by atoms with Crippen LogP contribution in [0.1, 0.15) is 96.4 Å². The minimum atomic E-state index is -1.26. The van der Waals surface area contributed by atoms with E-state index in [-0.39, 0.29) is 27.0 Å². The highest BCUT2D eigenvalue weighted by Crippen LogP contribution is 2.53. The molecule has 0 heterocycles. The van der Waals surface area contributed by atoms with Crippen LogP contribution in [-0.2, 0) is 33.3 Å². The summed E-state index contributed by atoms with van der Waals surface area (Å²) in [6.07, 6.45) is 6.84. The molecule has 5 nitrogen and oxygen atoms in total. The standard InChI is InChI=1S/C21H30BrNO2S.C17H22BrNO.CH2Cl2/c1-13-10-21(11-14(2)18(13)25-6)12-15-7-8-16(22)9-17(15)19(21)23-26(24)20(3,4)5;1-10-7-17(8-11(2)15(10)20-3)9-12-4-5-13(18)6-14(12)16(17)19;2-1-3/h7-9,13-14,18H,10-12H2,1-6H3;4-6,10-11,15,19H,7-9H2,1-3H3;1H2/t13-,14+,18?,21?,26-;10-,11+,15?,17?;/m0../s1. The summed E-state index contributed by atoms with van der Waals surface area (Å²) >= 11 is 16.7. The number of nitrogens with one attached hydrogen (secondary N) is 1. The molecule has 2 aromatic rings. The first-order valence-corrected chi connectivity index (χ1v) is 21.1. The van der Waals surface area contributed by atoms with E-state index >= 15 is 0 Å². The Kier molecular flexibility index (Phi) is 13.9. The maximum absolute atomic E-state index is 12.9. The van der Waals surface area contributed by atoms with Crippen LogP contribution >= 0.6 is 55.1 Å². The number of nitrogens with zero attached hydrogens (tertiary/aromatic N) is 1. The number of fused-ring (bicyclic) bond motifs is 2. The molecule has 1 N–H and O–H groups in total. The van der Waals surface area contributed by atoms with Gasteiger partial charge in [0.05, 0.1) is 28.0 Å². The highest BCUT2D eigenvalue weighted by Gasteiger charge is 2.51. The molecule has 0 aromatic heterocycles. The van der Waals surface area contributed by atoms with Gasteiger partial charge in [-0.1, -0.05) is 71.7 Å². The molecule has 10 heteroatoms. The zero-order valence-corrected chi connectivity index (χ0v) is 36.0. The Morgan fingerprint density at radius 3 is 1.61 bits per heavy atom. The summed E-state index contributed by atoms with van der Waals surface area (Å²) in [5.74, 6) is 1.94. The van der Waals surface area contributed by atoms with Crippen molar-refractivity contribution in [2.45, 2.75) is 104 Å². The largest absolute Gasteiger partial charge is 0.381 e. The molecule has 0 radical (unpaired) electrons. The Hall–Kier alpha value is -0.610. The van der Waals surface area contributed by atoms with Gasteiger partial charge in [0.2, 0.25) is 0 Å². The summed E-state index contributed by atoms with van der Waals surface area (Å²) in [7, 11) is 2.38. The third-order valence-corrected chi connectivity index (χ3v) is 13.5. The second-order valence-corrected chi connectivity index (χ2v) is 20.5. The summed E-state index contributed by atoms with van der Waals surface area (Å²) in [6.45, 7) is 15.1. The van der Waals surface area contributed by atoms with E-state index in [1.807, 2.05) is 35.0 Å². The zero-order chi connectivity index (χ0) is 36.5. The number of methoxy groups -OCH3 is 2. The van der Waals surface area contributed by atoms with E-state index in [2.05, 4.69) is 96.0 Å². The topological polar surface area (TPSA) is 71.7 Å². The summed E-state index contributed by atoms with van der Waals surface area (Å²) in [6, 6.07) is 12.8. The second-order valence-electron chi connectivity index (χ2n) is 15.9. The fraction of sp³-hybridized carbons (Fsp3) is 0.641. The van der Waals surface area contributed by atoms with Gasteiger partial charge in [-0.2, -0.15) is 4.40 Å². The molecule has 2 aromatic carbocycles. The molecule has 49 heavy (non-hydrogen) atoms. The molecular formula is C39H54Br2Cl2N2O3S. The van der Waals surface area contributed by atoms with Crippen LogP contribution in [0.2, 0.25) is 0 Å². The average molecular weight is 862 g/mol. The average Bonchev–Trinajstić information content (AvgIpc) is 3.42. The lowest BCUT2D eigenvalue weighted by Crippen LogP contribution is -2.45. The first-order chi connectivity index (χ1) is 22.9. The molecule has 2 saturated carbocycles. The molecule has 9 atom stereocenters. The van der Waals surface area contributed by atoms with Crippen molar-refractivity contribution in [2.75, 3.05) is 19.6 Å². The van der Waals surface area contributed by atoms with Crippen LogP contribution in [0.15, 0.2) is 49.7 Å². The van der Waals surface area contributed by atoms with Gasteiger partial charge in [-0.3, -0.25) is 0 Å². The third kappa shape index (κ3) is 8.79. The lowest BCUT2D eigenvalue weighted by atomic mass is 9.62. The van der Waals surface area contributed by atoms with Crippen molar-refractivity contribution in [3.8, 4) is 0 Å². The van der Waals surface area contributed by atoms with Crippen molar-refractivity contribution in [1.29, 1.82) is 5.41 Å². The van der Waals surface area contributed by atoms with Gasteiger partial charge >= 0.3 is 0 Å². The molecule has 4 aliphatic rings. The van der Waals surface area contributed by atoms with Crippen LogP contribution in [0.4, 0.5) is 0 Å². The van der Waals surface area contributed by atoms with Crippen molar-refractivity contribution in [3.63, 3.8) is 0 Å². The van der Waals surface area contributed by atoms with E-state index in [4.69, 9.17) is 42.5 Å². The molecule has 272 valence electrons. The predicted octanol–water partition coefficient (Wildman–Crippen LogP) is 11.2. The quantitative estimate of drug-likeness (QED) is 0.313. The fourth-order valence-corrected chi connectivity index (χ4v) is 11.0. The predicted molar refractivity (Wildman–Crippen MR) is 215 cm³/mol. The summed E-state index contributed by atoms with van der Waals surface area (Å²) in [4.78, 5) is 0. The first kappa shape index (κ1) is 41.2. The van der Waals surface area contributed by atoms with E-state index in [0.29, 0.717) is 29.8 Å². The number of alkyl halides is 2. The number of ether oxygens (including phenoxy) is 2. The molecule has 0 bridgehead atoms. The van der Waals surface area contributed by atoms with Gasteiger partial charge in [-0.15, -0.1) is 23.2 Å². The van der Waals surface area contributed by atoms with Gasteiger partial charge in [-0.05, 0) is 118 Å². The molecule has 4 aliphatic carbocycles. The van der Waals surface area contributed by atoms with Gasteiger partial charge in [0, 0.05) is 50.8 Å². The van der Waals surface area contributed by atoms with E-state index in [1.165, 1.54) is 16.7 Å². The maximum Gasteiger partial charge on any atom is 0.145 e. The molecule has 4 unspecified atom stereocenters. The van der Waals surface area contributed by atoms with Gasteiger partial charge < -0.3 is 14.9 Å². The Balaban J connectivity index is 0.000000210. The Bertz CT molecular complexity index is 1540. The molecule has 0 amide bonds. The van der Waals surface area contributed by atoms with Gasteiger partial charge in [-0.25, -0.2) is 4.21 Å². The lowest BCUT2D eigenvalue weighted by Gasteiger charge is -2.45. The molecule has 0 saturated heterocycles.